The van der Waals surface area contributed by atoms with Gasteiger partial charge in [0.05, 0.1) is 11.0 Å². The zero-order valence-electron chi connectivity index (χ0n) is 13.2. The van der Waals surface area contributed by atoms with Crippen LogP contribution in [0.5, 0.6) is 0 Å². The van der Waals surface area contributed by atoms with E-state index in [9.17, 15) is 4.79 Å². The summed E-state index contributed by atoms with van der Waals surface area (Å²) in [6, 6.07) is 8.19. The second-order valence-corrected chi connectivity index (χ2v) is 5.80. The molecule has 0 saturated carbocycles. The van der Waals surface area contributed by atoms with Crippen molar-refractivity contribution in [2.45, 2.75) is 32.7 Å². The molecule has 1 amide bonds. The summed E-state index contributed by atoms with van der Waals surface area (Å²) in [7, 11) is 0. The average molecular weight is 300 g/mol. The van der Waals surface area contributed by atoms with Crippen LogP contribution in [0, 0.1) is 0 Å². The van der Waals surface area contributed by atoms with Crippen molar-refractivity contribution in [3.05, 3.63) is 30.1 Å². The molecule has 0 radical (unpaired) electrons. The molecule has 5 nitrogen and oxygen atoms in total. The number of hydrogen-bond donors (Lipinski definition) is 1. The van der Waals surface area contributed by atoms with E-state index in [0.717, 1.165) is 62.4 Å². The van der Waals surface area contributed by atoms with Gasteiger partial charge in [-0.3, -0.25) is 4.79 Å². The van der Waals surface area contributed by atoms with Gasteiger partial charge < -0.3 is 14.8 Å². The standard InChI is InChI=1S/C17H24N4O/c1-2-5-16-19-14-6-3-4-7-15(14)21(16)11-8-17(22)20-12-9-18-10-13-20/h3-4,6-7,18H,2,5,8-13H2,1H3. The quantitative estimate of drug-likeness (QED) is 0.916. The molecule has 2 aromatic rings. The summed E-state index contributed by atoms with van der Waals surface area (Å²) in [6.45, 7) is 6.34. The SMILES string of the molecule is CCCc1nc2ccccc2n1CCC(=O)N1CCNCC1. The van der Waals surface area contributed by atoms with Crippen LogP contribution in [-0.4, -0.2) is 46.5 Å². The third-order valence-electron chi connectivity index (χ3n) is 4.23. The molecule has 0 aliphatic carbocycles. The molecule has 0 bridgehead atoms. The number of carbonyl (C=O) groups excluding carboxylic acids is 1. The number of nitrogens with one attached hydrogen (secondary N) is 1. The van der Waals surface area contributed by atoms with E-state index in [4.69, 9.17) is 4.98 Å². The predicted octanol–water partition coefficient (Wildman–Crippen LogP) is 1.81. The molecule has 0 unspecified atom stereocenters. The number of benzene rings is 1. The van der Waals surface area contributed by atoms with Gasteiger partial charge in [-0.1, -0.05) is 19.1 Å². The fraction of sp³-hybridized carbons (Fsp3) is 0.529. The maximum atomic E-state index is 12.4. The zero-order chi connectivity index (χ0) is 15.4. The van der Waals surface area contributed by atoms with Crippen molar-refractivity contribution < 1.29 is 4.79 Å². The molecule has 1 saturated heterocycles. The molecule has 22 heavy (non-hydrogen) atoms. The Morgan fingerprint density at radius 2 is 2.05 bits per heavy atom. The van der Waals surface area contributed by atoms with Gasteiger partial charge in [-0.2, -0.15) is 0 Å². The number of piperazine rings is 1. The monoisotopic (exact) mass is 300 g/mol. The van der Waals surface area contributed by atoms with Crippen LogP contribution in [0.2, 0.25) is 0 Å². The molecule has 1 aliphatic heterocycles. The number of hydrogen-bond acceptors (Lipinski definition) is 3. The number of aryl methyl sites for hydroxylation is 2. The third kappa shape index (κ3) is 3.14. The summed E-state index contributed by atoms with van der Waals surface area (Å²) >= 11 is 0. The second kappa shape index (κ2) is 6.92. The minimum atomic E-state index is 0.252. The van der Waals surface area contributed by atoms with Gasteiger partial charge in [0.2, 0.25) is 5.91 Å². The summed E-state index contributed by atoms with van der Waals surface area (Å²) in [5.74, 6) is 1.35. The van der Waals surface area contributed by atoms with Crippen LogP contribution in [-0.2, 0) is 17.8 Å². The topological polar surface area (TPSA) is 50.2 Å². The predicted molar refractivity (Wildman–Crippen MR) is 87.8 cm³/mol. The lowest BCUT2D eigenvalue weighted by molar-refractivity contribution is -0.131. The number of nitrogens with zero attached hydrogens (tertiary/aromatic N) is 3. The van der Waals surface area contributed by atoms with E-state index < -0.39 is 0 Å². The Kier molecular flexibility index (Phi) is 4.73. The Hall–Kier alpha value is -1.88. The van der Waals surface area contributed by atoms with Crippen LogP contribution in [0.15, 0.2) is 24.3 Å². The maximum absolute atomic E-state index is 12.4. The molecule has 1 aromatic heterocycles. The minimum absolute atomic E-state index is 0.252. The lowest BCUT2D eigenvalue weighted by atomic mass is 10.2. The Morgan fingerprint density at radius 1 is 1.27 bits per heavy atom. The summed E-state index contributed by atoms with van der Waals surface area (Å²) in [6.07, 6.45) is 2.57. The number of aromatic nitrogens is 2. The molecule has 5 heteroatoms. The van der Waals surface area contributed by atoms with E-state index in [1.807, 2.05) is 23.1 Å². The first-order valence-electron chi connectivity index (χ1n) is 8.22. The highest BCUT2D eigenvalue weighted by Crippen LogP contribution is 2.18. The van der Waals surface area contributed by atoms with Crippen LogP contribution < -0.4 is 5.32 Å². The van der Waals surface area contributed by atoms with Crippen molar-refractivity contribution in [3.63, 3.8) is 0 Å². The molecule has 2 heterocycles. The Labute approximate surface area is 131 Å². The van der Waals surface area contributed by atoms with Gasteiger partial charge in [-0.25, -0.2) is 4.98 Å². The third-order valence-corrected chi connectivity index (χ3v) is 4.23. The largest absolute Gasteiger partial charge is 0.340 e. The second-order valence-electron chi connectivity index (χ2n) is 5.80. The fourth-order valence-electron chi connectivity index (χ4n) is 3.07. The molecule has 118 valence electrons. The summed E-state index contributed by atoms with van der Waals surface area (Å²) in [5.41, 5.74) is 2.17. The molecular formula is C17H24N4O. The summed E-state index contributed by atoms with van der Waals surface area (Å²) < 4.78 is 2.22. The highest BCUT2D eigenvalue weighted by atomic mass is 16.2. The Bertz CT molecular complexity index is 643. The van der Waals surface area contributed by atoms with Gasteiger partial charge >= 0.3 is 0 Å². The van der Waals surface area contributed by atoms with Gasteiger partial charge in [0, 0.05) is 45.6 Å². The van der Waals surface area contributed by atoms with Crippen molar-refractivity contribution in [3.8, 4) is 0 Å². The van der Waals surface area contributed by atoms with E-state index >= 15 is 0 Å². The van der Waals surface area contributed by atoms with Gasteiger partial charge in [0.1, 0.15) is 5.82 Å². The Balaban J connectivity index is 1.74. The zero-order valence-corrected chi connectivity index (χ0v) is 13.2. The van der Waals surface area contributed by atoms with Crippen LogP contribution >= 0.6 is 0 Å². The van der Waals surface area contributed by atoms with Crippen molar-refractivity contribution in [2.24, 2.45) is 0 Å². The Morgan fingerprint density at radius 3 is 2.82 bits per heavy atom. The normalized spacial score (nSPS) is 15.4. The first-order chi connectivity index (χ1) is 10.8. The van der Waals surface area contributed by atoms with E-state index in [1.54, 1.807) is 0 Å². The molecule has 1 aromatic carbocycles. The molecule has 1 fully saturated rings. The van der Waals surface area contributed by atoms with Crippen molar-refractivity contribution in [2.75, 3.05) is 26.2 Å². The van der Waals surface area contributed by atoms with Crippen LogP contribution in [0.1, 0.15) is 25.6 Å². The first kappa shape index (κ1) is 15.0. The molecule has 1 N–H and O–H groups in total. The molecular weight excluding hydrogens is 276 g/mol. The number of fused-ring (bicyclic) bond motifs is 1. The number of carbonyl (C=O) groups is 1. The lowest BCUT2D eigenvalue weighted by Crippen LogP contribution is -2.46. The highest BCUT2D eigenvalue weighted by molar-refractivity contribution is 5.78. The number of rotatable bonds is 5. The number of imidazole rings is 1. The molecule has 0 atom stereocenters. The van der Waals surface area contributed by atoms with Gasteiger partial charge in [0.25, 0.3) is 0 Å². The maximum Gasteiger partial charge on any atom is 0.224 e. The van der Waals surface area contributed by atoms with Crippen molar-refractivity contribution in [1.82, 2.24) is 19.8 Å². The molecule has 3 rings (SSSR count). The smallest absolute Gasteiger partial charge is 0.224 e. The lowest BCUT2D eigenvalue weighted by Gasteiger charge is -2.27. The molecule has 0 spiro atoms. The van der Waals surface area contributed by atoms with Gasteiger partial charge in [0.15, 0.2) is 0 Å². The first-order valence-corrected chi connectivity index (χ1v) is 8.22. The molecule has 1 aliphatic rings. The van der Waals surface area contributed by atoms with Crippen molar-refractivity contribution in [1.29, 1.82) is 0 Å². The van der Waals surface area contributed by atoms with E-state index in [1.165, 1.54) is 0 Å². The van der Waals surface area contributed by atoms with E-state index in [0.29, 0.717) is 6.42 Å². The highest BCUT2D eigenvalue weighted by Gasteiger charge is 2.17. The number of para-hydroxylation sites is 2. The fourth-order valence-corrected chi connectivity index (χ4v) is 3.07. The van der Waals surface area contributed by atoms with E-state index in [-0.39, 0.29) is 5.91 Å². The minimum Gasteiger partial charge on any atom is -0.340 e. The van der Waals surface area contributed by atoms with Crippen LogP contribution in [0.3, 0.4) is 0 Å². The van der Waals surface area contributed by atoms with Gasteiger partial charge in [-0.15, -0.1) is 0 Å². The average Bonchev–Trinajstić information content (AvgIpc) is 2.91. The van der Waals surface area contributed by atoms with Crippen molar-refractivity contribution >= 4 is 16.9 Å². The van der Waals surface area contributed by atoms with E-state index in [2.05, 4.69) is 22.9 Å². The van der Waals surface area contributed by atoms with Gasteiger partial charge in [-0.05, 0) is 18.6 Å². The summed E-state index contributed by atoms with van der Waals surface area (Å²) in [5, 5.41) is 3.28. The van der Waals surface area contributed by atoms with Crippen LogP contribution in [0.25, 0.3) is 11.0 Å². The number of amides is 1. The summed E-state index contributed by atoms with van der Waals surface area (Å²) in [4.78, 5) is 19.1. The van der Waals surface area contributed by atoms with Crippen LogP contribution in [0.4, 0.5) is 0 Å².